The summed E-state index contributed by atoms with van der Waals surface area (Å²) in [6.45, 7) is 2.19. The molecule has 1 aromatic heterocycles. The summed E-state index contributed by atoms with van der Waals surface area (Å²) >= 11 is 0. The third-order valence-corrected chi connectivity index (χ3v) is 4.99. The van der Waals surface area contributed by atoms with E-state index in [0.29, 0.717) is 5.69 Å². The van der Waals surface area contributed by atoms with Crippen molar-refractivity contribution < 1.29 is 13.2 Å². The van der Waals surface area contributed by atoms with Gasteiger partial charge in [-0.05, 0) is 29.7 Å². The van der Waals surface area contributed by atoms with Crippen molar-refractivity contribution in [3.05, 3.63) is 71.3 Å². The first-order chi connectivity index (χ1) is 13.9. The predicted octanol–water partition coefficient (Wildman–Crippen LogP) is 3.64. The Balaban J connectivity index is 2.00. The molecule has 8 heteroatoms. The number of nitrogens with one attached hydrogen (secondary N) is 1. The van der Waals surface area contributed by atoms with E-state index in [1.165, 1.54) is 0 Å². The van der Waals surface area contributed by atoms with Crippen molar-refractivity contribution in [2.24, 2.45) is 0 Å². The molecule has 0 saturated carbocycles. The molecule has 0 bridgehead atoms. The second-order valence-electron chi connectivity index (χ2n) is 6.37. The van der Waals surface area contributed by atoms with Crippen LogP contribution in [0.3, 0.4) is 0 Å². The molecule has 0 atom stereocenters. The minimum absolute atomic E-state index is 0.0351. The topological polar surface area (TPSA) is 105 Å². The van der Waals surface area contributed by atoms with E-state index < -0.39 is 15.0 Å². The molecule has 0 fully saturated rings. The van der Waals surface area contributed by atoms with Crippen LogP contribution >= 0.6 is 0 Å². The Hall–Kier alpha value is -3.44. The summed E-state index contributed by atoms with van der Waals surface area (Å²) in [6.07, 6.45) is 1.90. The molecule has 0 unspecified atom stereocenters. The van der Waals surface area contributed by atoms with E-state index in [1.807, 2.05) is 60.7 Å². The molecular formula is C21H20N4O3S. The number of anilines is 2. The van der Waals surface area contributed by atoms with Crippen LogP contribution in [0, 0.1) is 11.3 Å². The Morgan fingerprint density at radius 1 is 1.03 bits per heavy atom. The Bertz CT molecular complexity index is 1140. The van der Waals surface area contributed by atoms with Gasteiger partial charge in [-0.15, -0.1) is 0 Å². The molecule has 0 radical (unpaired) electrons. The van der Waals surface area contributed by atoms with Crippen molar-refractivity contribution in [2.45, 2.75) is 25.1 Å². The van der Waals surface area contributed by atoms with Gasteiger partial charge in [0.25, 0.3) is 5.16 Å². The number of hydrogen-bond donors (Lipinski definition) is 1. The fourth-order valence-electron chi connectivity index (χ4n) is 2.57. The van der Waals surface area contributed by atoms with E-state index in [0.717, 1.165) is 23.8 Å². The molecule has 3 aromatic rings. The van der Waals surface area contributed by atoms with Crippen LogP contribution in [0.2, 0.25) is 0 Å². The molecule has 0 saturated heterocycles. The number of ether oxygens (including phenoxy) is 1. The first-order valence-corrected chi connectivity index (χ1v) is 10.8. The molecular weight excluding hydrogens is 388 g/mol. The molecule has 0 aliphatic carbocycles. The fraction of sp³-hybridized carbons (Fsp3) is 0.190. The number of aromatic nitrogens is 2. The van der Waals surface area contributed by atoms with E-state index >= 15 is 0 Å². The third kappa shape index (κ3) is 5.09. The van der Waals surface area contributed by atoms with E-state index in [9.17, 15) is 13.7 Å². The predicted molar refractivity (Wildman–Crippen MR) is 110 cm³/mol. The van der Waals surface area contributed by atoms with Gasteiger partial charge >= 0.3 is 0 Å². The van der Waals surface area contributed by atoms with Crippen molar-refractivity contribution in [3.63, 3.8) is 0 Å². The second kappa shape index (κ2) is 8.71. The Morgan fingerprint density at radius 2 is 1.72 bits per heavy atom. The van der Waals surface area contributed by atoms with Gasteiger partial charge in [0.15, 0.2) is 11.4 Å². The Labute approximate surface area is 169 Å². The lowest BCUT2D eigenvalue weighted by Gasteiger charge is -2.13. The molecule has 0 aliphatic heterocycles. The Kier molecular flexibility index (Phi) is 6.10. The van der Waals surface area contributed by atoms with Gasteiger partial charge in [0.2, 0.25) is 15.7 Å². The lowest BCUT2D eigenvalue weighted by Crippen LogP contribution is -2.11. The van der Waals surface area contributed by atoms with E-state index in [4.69, 9.17) is 4.74 Å². The first-order valence-electron chi connectivity index (χ1n) is 8.95. The highest BCUT2D eigenvalue weighted by atomic mass is 32.2. The summed E-state index contributed by atoms with van der Waals surface area (Å²) in [6, 6.07) is 18.9. The van der Waals surface area contributed by atoms with Gasteiger partial charge in [0.1, 0.15) is 12.7 Å². The molecule has 3 rings (SSSR count). The standard InChI is InChI=1S/C21H20N4O3S/c1-3-15-9-11-17(12-10-15)23-19-18(13-22)20(25-21(24-19)29(2,26)27)28-14-16-7-5-4-6-8-16/h4-12H,3,14H2,1-2H3,(H,23,24,25). The van der Waals surface area contributed by atoms with E-state index in [1.54, 1.807) is 0 Å². The number of sulfone groups is 1. The zero-order chi connectivity index (χ0) is 20.9. The maximum Gasteiger partial charge on any atom is 0.252 e. The lowest BCUT2D eigenvalue weighted by molar-refractivity contribution is 0.289. The van der Waals surface area contributed by atoms with Crippen molar-refractivity contribution in [3.8, 4) is 11.9 Å². The quantitative estimate of drug-likeness (QED) is 0.595. The summed E-state index contributed by atoms with van der Waals surface area (Å²) in [5.74, 6) is -0.00492. The summed E-state index contributed by atoms with van der Waals surface area (Å²) in [5.41, 5.74) is 2.72. The van der Waals surface area contributed by atoms with Crippen LogP contribution in [0.1, 0.15) is 23.6 Å². The molecule has 0 aliphatic rings. The second-order valence-corrected chi connectivity index (χ2v) is 8.28. The number of nitrogens with zero attached hydrogens (tertiary/aromatic N) is 3. The van der Waals surface area contributed by atoms with Crippen LogP contribution in [-0.2, 0) is 22.9 Å². The summed E-state index contributed by atoms with van der Waals surface area (Å²) in [4.78, 5) is 8.03. The van der Waals surface area contributed by atoms with Gasteiger partial charge in [-0.2, -0.15) is 15.2 Å². The molecule has 29 heavy (non-hydrogen) atoms. The molecule has 0 spiro atoms. The van der Waals surface area contributed by atoms with Crippen molar-refractivity contribution in [2.75, 3.05) is 11.6 Å². The lowest BCUT2D eigenvalue weighted by atomic mass is 10.1. The minimum atomic E-state index is -3.71. The van der Waals surface area contributed by atoms with Crippen LogP contribution in [-0.4, -0.2) is 24.6 Å². The zero-order valence-corrected chi connectivity index (χ0v) is 16.9. The van der Waals surface area contributed by atoms with E-state index in [2.05, 4.69) is 22.2 Å². The van der Waals surface area contributed by atoms with Crippen molar-refractivity contribution in [1.82, 2.24) is 9.97 Å². The molecule has 148 valence electrons. The highest BCUT2D eigenvalue weighted by molar-refractivity contribution is 7.90. The van der Waals surface area contributed by atoms with Crippen LogP contribution in [0.4, 0.5) is 11.5 Å². The summed E-state index contributed by atoms with van der Waals surface area (Å²) in [7, 11) is -3.71. The fourth-order valence-corrected chi connectivity index (χ4v) is 3.07. The van der Waals surface area contributed by atoms with Gasteiger partial charge in [-0.1, -0.05) is 49.4 Å². The average Bonchev–Trinajstić information content (AvgIpc) is 2.72. The molecule has 7 nitrogen and oxygen atoms in total. The van der Waals surface area contributed by atoms with Crippen LogP contribution in [0.25, 0.3) is 0 Å². The maximum absolute atomic E-state index is 12.1. The van der Waals surface area contributed by atoms with Crippen LogP contribution in [0.5, 0.6) is 5.88 Å². The minimum Gasteiger partial charge on any atom is -0.472 e. The van der Waals surface area contributed by atoms with Crippen molar-refractivity contribution >= 4 is 21.3 Å². The van der Waals surface area contributed by atoms with Gasteiger partial charge in [-0.25, -0.2) is 8.42 Å². The van der Waals surface area contributed by atoms with Gasteiger partial charge in [0, 0.05) is 11.9 Å². The van der Waals surface area contributed by atoms with Crippen molar-refractivity contribution in [1.29, 1.82) is 5.26 Å². The van der Waals surface area contributed by atoms with Crippen LogP contribution < -0.4 is 10.1 Å². The number of nitriles is 1. The molecule has 1 heterocycles. The summed E-state index contributed by atoms with van der Waals surface area (Å²) in [5, 5.41) is 12.2. The number of hydrogen-bond acceptors (Lipinski definition) is 7. The molecule has 1 N–H and O–H groups in total. The normalized spacial score (nSPS) is 10.9. The first kappa shape index (κ1) is 20.3. The zero-order valence-electron chi connectivity index (χ0n) is 16.1. The Morgan fingerprint density at radius 3 is 2.31 bits per heavy atom. The third-order valence-electron chi connectivity index (χ3n) is 4.14. The summed E-state index contributed by atoms with van der Waals surface area (Å²) < 4.78 is 29.8. The average molecular weight is 408 g/mol. The highest BCUT2D eigenvalue weighted by Crippen LogP contribution is 2.27. The largest absolute Gasteiger partial charge is 0.472 e. The number of aryl methyl sites for hydroxylation is 1. The van der Waals surface area contributed by atoms with Gasteiger partial charge in [-0.3, -0.25) is 0 Å². The van der Waals surface area contributed by atoms with Gasteiger partial charge in [0.05, 0.1) is 0 Å². The maximum atomic E-state index is 12.1. The number of benzene rings is 2. The molecule has 2 aromatic carbocycles. The van der Waals surface area contributed by atoms with Gasteiger partial charge < -0.3 is 10.1 Å². The SMILES string of the molecule is CCc1ccc(Nc2nc(S(C)(=O)=O)nc(OCc3ccccc3)c2C#N)cc1. The number of rotatable bonds is 7. The molecule has 0 amide bonds. The smallest absolute Gasteiger partial charge is 0.252 e. The van der Waals surface area contributed by atoms with Crippen LogP contribution in [0.15, 0.2) is 59.8 Å². The van der Waals surface area contributed by atoms with E-state index in [-0.39, 0.29) is 23.9 Å². The monoisotopic (exact) mass is 408 g/mol. The highest BCUT2D eigenvalue weighted by Gasteiger charge is 2.21.